The van der Waals surface area contributed by atoms with E-state index in [-0.39, 0.29) is 17.9 Å². The maximum absolute atomic E-state index is 13.7. The molecule has 134 valence electrons. The van der Waals surface area contributed by atoms with Gasteiger partial charge in [-0.3, -0.25) is 4.79 Å². The topological polar surface area (TPSA) is 34.9 Å². The highest BCUT2D eigenvalue weighted by molar-refractivity contribution is 6.34. The van der Waals surface area contributed by atoms with E-state index in [0.29, 0.717) is 0 Å². The van der Waals surface area contributed by atoms with Crippen molar-refractivity contribution < 1.29 is 17.6 Å². The minimum Gasteiger partial charge on any atom is -0.325 e. The zero-order valence-electron chi connectivity index (χ0n) is 13.1. The van der Waals surface area contributed by atoms with Gasteiger partial charge < -0.3 is 4.57 Å². The number of benzene rings is 2. The predicted octanol–water partition coefficient (Wildman–Crippen LogP) is 4.77. The first-order valence-corrected chi connectivity index (χ1v) is 7.82. The SMILES string of the molecule is O=c1nc(-c2cccc(C(F)(F)F)c2Cl)n(Cc2ccccc2)cc1F. The van der Waals surface area contributed by atoms with Crippen molar-refractivity contribution in [3.05, 3.63) is 87.0 Å². The second kappa shape index (κ2) is 6.92. The summed E-state index contributed by atoms with van der Waals surface area (Å²) in [5.74, 6) is -1.25. The Kier molecular flexibility index (Phi) is 4.82. The fraction of sp³-hybridized carbons (Fsp3) is 0.111. The van der Waals surface area contributed by atoms with Gasteiger partial charge in [0.25, 0.3) is 0 Å². The first kappa shape index (κ1) is 18.1. The molecule has 2 aromatic carbocycles. The highest BCUT2D eigenvalue weighted by Crippen LogP contribution is 2.39. The summed E-state index contributed by atoms with van der Waals surface area (Å²) in [6, 6.07) is 12.1. The molecule has 8 heteroatoms. The standard InChI is InChI=1S/C18H11ClF4N2O/c19-15-12(7-4-8-13(15)18(21,22)23)16-24-17(26)14(20)10-25(16)9-11-5-2-1-3-6-11/h1-8,10H,9H2. The van der Waals surface area contributed by atoms with Crippen LogP contribution in [-0.2, 0) is 12.7 Å². The Hall–Kier alpha value is -2.67. The molecule has 3 nitrogen and oxygen atoms in total. The molecule has 26 heavy (non-hydrogen) atoms. The molecule has 0 unspecified atom stereocenters. The average Bonchev–Trinajstić information content (AvgIpc) is 2.58. The number of hydrogen-bond donors (Lipinski definition) is 0. The van der Waals surface area contributed by atoms with Crippen molar-refractivity contribution in [1.82, 2.24) is 9.55 Å². The summed E-state index contributed by atoms with van der Waals surface area (Å²) in [6.07, 6.45) is -3.76. The maximum Gasteiger partial charge on any atom is 0.417 e. The van der Waals surface area contributed by atoms with Gasteiger partial charge in [-0.05, 0) is 17.7 Å². The lowest BCUT2D eigenvalue weighted by Gasteiger charge is -2.16. The molecular weight excluding hydrogens is 372 g/mol. The molecule has 0 spiro atoms. The molecule has 0 bridgehead atoms. The normalized spacial score (nSPS) is 11.6. The second-order valence-corrected chi connectivity index (χ2v) is 5.87. The second-order valence-electron chi connectivity index (χ2n) is 5.50. The maximum atomic E-state index is 13.7. The van der Waals surface area contributed by atoms with E-state index in [4.69, 9.17) is 11.6 Å². The third-order valence-corrected chi connectivity index (χ3v) is 4.10. The van der Waals surface area contributed by atoms with Crippen LogP contribution in [0.4, 0.5) is 17.6 Å². The number of aromatic nitrogens is 2. The van der Waals surface area contributed by atoms with Crippen LogP contribution in [0.25, 0.3) is 11.4 Å². The highest BCUT2D eigenvalue weighted by atomic mass is 35.5. The van der Waals surface area contributed by atoms with E-state index in [0.717, 1.165) is 23.9 Å². The molecule has 0 saturated carbocycles. The minimum absolute atomic E-state index is 0.102. The molecule has 0 aliphatic rings. The van der Waals surface area contributed by atoms with Gasteiger partial charge in [0.15, 0.2) is 0 Å². The fourth-order valence-electron chi connectivity index (χ4n) is 2.51. The average molecular weight is 383 g/mol. The highest BCUT2D eigenvalue weighted by Gasteiger charge is 2.34. The van der Waals surface area contributed by atoms with Crippen LogP contribution in [0.3, 0.4) is 0 Å². The number of nitrogens with zero attached hydrogens (tertiary/aromatic N) is 2. The van der Waals surface area contributed by atoms with Gasteiger partial charge in [0, 0.05) is 18.3 Å². The quantitative estimate of drug-likeness (QED) is 0.612. The molecule has 0 radical (unpaired) electrons. The third kappa shape index (κ3) is 3.62. The van der Waals surface area contributed by atoms with E-state index in [9.17, 15) is 22.4 Å². The van der Waals surface area contributed by atoms with Crippen LogP contribution in [-0.4, -0.2) is 9.55 Å². The molecule has 1 heterocycles. The van der Waals surface area contributed by atoms with Gasteiger partial charge in [-0.25, -0.2) is 0 Å². The van der Waals surface area contributed by atoms with Gasteiger partial charge in [0.1, 0.15) is 5.82 Å². The molecule has 1 aromatic heterocycles. The van der Waals surface area contributed by atoms with Crippen molar-refractivity contribution in [2.45, 2.75) is 12.7 Å². The van der Waals surface area contributed by atoms with Crippen molar-refractivity contribution in [1.29, 1.82) is 0 Å². The van der Waals surface area contributed by atoms with Crippen molar-refractivity contribution in [2.75, 3.05) is 0 Å². The number of rotatable bonds is 3. The van der Waals surface area contributed by atoms with Gasteiger partial charge in [0.05, 0.1) is 10.6 Å². The molecule has 3 rings (SSSR count). The summed E-state index contributed by atoms with van der Waals surface area (Å²) in [6.45, 7) is 0.104. The van der Waals surface area contributed by atoms with Crippen LogP contribution in [0.1, 0.15) is 11.1 Å². The van der Waals surface area contributed by atoms with Gasteiger partial charge in [-0.2, -0.15) is 22.5 Å². The molecule has 0 atom stereocenters. The Labute approximate surface area is 150 Å². The lowest BCUT2D eigenvalue weighted by molar-refractivity contribution is -0.137. The Bertz CT molecular complexity index is 1000. The summed E-state index contributed by atoms with van der Waals surface area (Å²) < 4.78 is 54.3. The van der Waals surface area contributed by atoms with E-state index < -0.39 is 28.1 Å². The van der Waals surface area contributed by atoms with Gasteiger partial charge in [0.2, 0.25) is 5.82 Å². The zero-order valence-corrected chi connectivity index (χ0v) is 13.9. The summed E-state index contributed by atoms with van der Waals surface area (Å²) in [4.78, 5) is 15.2. The van der Waals surface area contributed by atoms with E-state index in [1.807, 2.05) is 0 Å². The van der Waals surface area contributed by atoms with Crippen LogP contribution in [0, 0.1) is 5.82 Å². The van der Waals surface area contributed by atoms with Gasteiger partial charge in [-0.15, -0.1) is 0 Å². The molecule has 0 saturated heterocycles. The monoisotopic (exact) mass is 382 g/mol. The predicted molar refractivity (Wildman–Crippen MR) is 89.4 cm³/mol. The van der Waals surface area contributed by atoms with Crippen LogP contribution in [0.15, 0.2) is 59.5 Å². The Morgan fingerprint density at radius 3 is 2.38 bits per heavy atom. The first-order valence-electron chi connectivity index (χ1n) is 7.44. The molecule has 0 aliphatic carbocycles. The molecule has 0 N–H and O–H groups in total. The van der Waals surface area contributed by atoms with Crippen molar-refractivity contribution >= 4 is 11.6 Å². The first-order chi connectivity index (χ1) is 12.3. The van der Waals surface area contributed by atoms with Crippen molar-refractivity contribution in [2.24, 2.45) is 0 Å². The van der Waals surface area contributed by atoms with Crippen molar-refractivity contribution in [3.8, 4) is 11.4 Å². The summed E-state index contributed by atoms with van der Waals surface area (Å²) in [7, 11) is 0. The minimum atomic E-state index is -4.67. The Morgan fingerprint density at radius 1 is 1.04 bits per heavy atom. The smallest absolute Gasteiger partial charge is 0.325 e. The number of hydrogen-bond acceptors (Lipinski definition) is 2. The Balaban J connectivity index is 2.19. The van der Waals surface area contributed by atoms with E-state index in [2.05, 4.69) is 4.98 Å². The van der Waals surface area contributed by atoms with Crippen molar-refractivity contribution in [3.63, 3.8) is 0 Å². The lowest BCUT2D eigenvalue weighted by Crippen LogP contribution is -2.19. The molecule has 0 fully saturated rings. The molecule has 0 amide bonds. The van der Waals surface area contributed by atoms with Crippen LogP contribution < -0.4 is 5.56 Å². The largest absolute Gasteiger partial charge is 0.417 e. The van der Waals surface area contributed by atoms with Crippen LogP contribution >= 0.6 is 11.6 Å². The van der Waals surface area contributed by atoms with E-state index in [1.165, 1.54) is 10.6 Å². The Morgan fingerprint density at radius 2 is 1.73 bits per heavy atom. The lowest BCUT2D eigenvalue weighted by atomic mass is 10.1. The third-order valence-electron chi connectivity index (χ3n) is 3.69. The van der Waals surface area contributed by atoms with E-state index >= 15 is 0 Å². The summed E-state index contributed by atoms with van der Waals surface area (Å²) in [5.41, 5.74) is -1.57. The zero-order chi connectivity index (χ0) is 18.9. The number of alkyl halides is 3. The van der Waals surface area contributed by atoms with Crippen LogP contribution in [0.2, 0.25) is 5.02 Å². The van der Waals surface area contributed by atoms with Gasteiger partial charge in [-0.1, -0.05) is 48.0 Å². The van der Waals surface area contributed by atoms with Crippen LogP contribution in [0.5, 0.6) is 0 Å². The summed E-state index contributed by atoms with van der Waals surface area (Å²) in [5, 5.41) is -0.597. The number of halogens is 5. The van der Waals surface area contributed by atoms with Gasteiger partial charge >= 0.3 is 11.7 Å². The summed E-state index contributed by atoms with van der Waals surface area (Å²) >= 11 is 5.93. The van der Waals surface area contributed by atoms with E-state index in [1.54, 1.807) is 30.3 Å². The fourth-order valence-corrected chi connectivity index (χ4v) is 2.82. The molecule has 0 aliphatic heterocycles. The molecular formula is C18H11ClF4N2O. The molecule has 3 aromatic rings.